The van der Waals surface area contributed by atoms with Crippen LogP contribution in [-0.4, -0.2) is 60.1 Å². The van der Waals surface area contributed by atoms with E-state index in [1.807, 2.05) is 24.3 Å². The van der Waals surface area contributed by atoms with Crippen LogP contribution in [0.3, 0.4) is 0 Å². The summed E-state index contributed by atoms with van der Waals surface area (Å²) in [4.78, 5) is 32.4. The molecule has 5 rings (SSSR count). The van der Waals surface area contributed by atoms with E-state index < -0.39 is 0 Å². The molecule has 0 saturated heterocycles. The van der Waals surface area contributed by atoms with Gasteiger partial charge in [-0.3, -0.25) is 14.8 Å². The first kappa shape index (κ1) is 21.9. The van der Waals surface area contributed by atoms with Gasteiger partial charge in [0, 0.05) is 7.05 Å². The monoisotopic (exact) mass is 468 g/mol. The van der Waals surface area contributed by atoms with Crippen LogP contribution >= 0.6 is 0 Å². The second-order valence-electron chi connectivity index (χ2n) is 7.92. The van der Waals surface area contributed by atoms with Gasteiger partial charge in [-0.2, -0.15) is 4.80 Å². The Morgan fingerprint density at radius 2 is 2.03 bits per heavy atom. The first-order valence-electron chi connectivity index (χ1n) is 10.6. The number of nitrogens with one attached hydrogen (secondary N) is 1. The molecule has 0 unspecified atom stereocenters. The molecular formula is C23H20N10O2. The van der Waals surface area contributed by atoms with Crippen LogP contribution in [0, 0.1) is 6.57 Å². The van der Waals surface area contributed by atoms with E-state index in [4.69, 9.17) is 16.3 Å². The van der Waals surface area contributed by atoms with E-state index in [2.05, 4.69) is 35.5 Å². The summed E-state index contributed by atoms with van der Waals surface area (Å²) in [5.41, 5.74) is 4.36. The Morgan fingerprint density at radius 3 is 2.77 bits per heavy atom. The maximum Gasteiger partial charge on any atom is 0.288 e. The molecule has 0 atom stereocenters. The van der Waals surface area contributed by atoms with Gasteiger partial charge in [0.25, 0.3) is 11.7 Å². The lowest BCUT2D eigenvalue weighted by Gasteiger charge is -2.16. The Kier molecular flexibility index (Phi) is 5.50. The minimum atomic E-state index is -0.123. The van der Waals surface area contributed by atoms with Gasteiger partial charge in [-0.25, -0.2) is 0 Å². The molecule has 1 aromatic carbocycles. The number of hydrogen-bond donors (Lipinski definition) is 1. The maximum absolute atomic E-state index is 12.9. The molecule has 0 bridgehead atoms. The Hall–Kier alpha value is -4.92. The fourth-order valence-electron chi connectivity index (χ4n) is 3.97. The average molecular weight is 468 g/mol. The highest BCUT2D eigenvalue weighted by Gasteiger charge is 2.30. The molecule has 0 radical (unpaired) electrons. The van der Waals surface area contributed by atoms with E-state index in [1.165, 1.54) is 11.0 Å². The second-order valence-corrected chi connectivity index (χ2v) is 7.92. The molecule has 4 heterocycles. The van der Waals surface area contributed by atoms with E-state index in [-0.39, 0.29) is 11.7 Å². The molecule has 12 heteroatoms. The van der Waals surface area contributed by atoms with Crippen molar-refractivity contribution in [3.8, 4) is 17.1 Å². The second kappa shape index (κ2) is 8.79. The van der Waals surface area contributed by atoms with Crippen molar-refractivity contribution < 1.29 is 9.53 Å². The summed E-state index contributed by atoms with van der Waals surface area (Å²) < 4.78 is 5.69. The zero-order valence-electron chi connectivity index (χ0n) is 19.2. The van der Waals surface area contributed by atoms with Gasteiger partial charge in [0.1, 0.15) is 0 Å². The number of hydrogen-bond acceptors (Lipinski definition) is 9. The molecule has 0 spiro atoms. The van der Waals surface area contributed by atoms with Crippen molar-refractivity contribution >= 4 is 23.1 Å². The Bertz CT molecular complexity index is 1490. The fraction of sp³-hybridized carbons (Fsp3) is 0.217. The van der Waals surface area contributed by atoms with Gasteiger partial charge < -0.3 is 19.8 Å². The number of rotatable bonds is 6. The van der Waals surface area contributed by atoms with Crippen molar-refractivity contribution in [2.45, 2.75) is 13.0 Å². The number of pyridine rings is 1. The third kappa shape index (κ3) is 4.10. The quantitative estimate of drug-likeness (QED) is 0.425. The number of fused-ring (bicyclic) bond motifs is 1. The molecule has 35 heavy (non-hydrogen) atoms. The predicted molar refractivity (Wildman–Crippen MR) is 125 cm³/mol. The number of benzene rings is 1. The lowest BCUT2D eigenvalue weighted by Crippen LogP contribution is -2.18. The summed E-state index contributed by atoms with van der Waals surface area (Å²) in [6.45, 7) is 7.57. The van der Waals surface area contributed by atoms with E-state index in [0.717, 1.165) is 0 Å². The number of para-hydroxylation sites is 1. The zero-order chi connectivity index (χ0) is 24.5. The van der Waals surface area contributed by atoms with E-state index in [9.17, 15) is 4.79 Å². The van der Waals surface area contributed by atoms with Crippen molar-refractivity contribution in [2.24, 2.45) is 7.05 Å². The third-order valence-electron chi connectivity index (χ3n) is 5.48. The smallest absolute Gasteiger partial charge is 0.288 e. The number of tetrazole rings is 1. The first-order chi connectivity index (χ1) is 17.0. The van der Waals surface area contributed by atoms with Crippen molar-refractivity contribution in [2.75, 3.05) is 19.5 Å². The molecule has 1 aliphatic heterocycles. The lowest BCUT2D eigenvalue weighted by atomic mass is 10.1. The molecule has 174 valence electrons. The molecule has 12 nitrogen and oxygen atoms in total. The Labute approximate surface area is 200 Å². The van der Waals surface area contributed by atoms with Crippen molar-refractivity contribution in [1.82, 2.24) is 40.1 Å². The molecule has 1 aliphatic rings. The average Bonchev–Trinajstić information content (AvgIpc) is 3.41. The maximum atomic E-state index is 12.9. The summed E-state index contributed by atoms with van der Waals surface area (Å²) in [7, 11) is 4.98. The number of ether oxygens (including phenoxy) is 1. The van der Waals surface area contributed by atoms with Crippen LogP contribution in [0.5, 0.6) is 5.75 Å². The van der Waals surface area contributed by atoms with Gasteiger partial charge >= 0.3 is 0 Å². The minimum absolute atomic E-state index is 0.123. The molecule has 1 N–H and O–H groups in total. The van der Waals surface area contributed by atoms with Crippen LogP contribution in [-0.2, 0) is 20.0 Å². The van der Waals surface area contributed by atoms with E-state index >= 15 is 0 Å². The number of anilines is 2. The number of nitrogens with zero attached hydrogens (tertiary/aromatic N) is 9. The fourth-order valence-corrected chi connectivity index (χ4v) is 3.97. The molecule has 0 saturated carbocycles. The van der Waals surface area contributed by atoms with Gasteiger partial charge in [0.15, 0.2) is 11.4 Å². The van der Waals surface area contributed by atoms with Gasteiger partial charge in [-0.15, -0.1) is 15.2 Å². The summed E-state index contributed by atoms with van der Waals surface area (Å²) >= 11 is 0. The molecular weight excluding hydrogens is 448 g/mol. The van der Waals surface area contributed by atoms with Crippen molar-refractivity contribution in [3.63, 3.8) is 0 Å². The SMILES string of the molecule is [C-]#[N+]c1cncc(Cc2cc(Nc3cccc(-c4nnn(C)n4)c3OC)c3c(n2)CN(C)C3=O)n1. The van der Waals surface area contributed by atoms with Crippen LogP contribution in [0.4, 0.5) is 17.2 Å². The number of carbonyl (C=O) groups excluding carboxylic acids is 1. The van der Waals surface area contributed by atoms with Crippen molar-refractivity contribution in [1.29, 1.82) is 0 Å². The Balaban J connectivity index is 1.57. The third-order valence-corrected chi connectivity index (χ3v) is 5.48. The van der Waals surface area contributed by atoms with Crippen LogP contribution in [0.2, 0.25) is 0 Å². The summed E-state index contributed by atoms with van der Waals surface area (Å²) in [6.07, 6.45) is 3.38. The topological polar surface area (TPSA) is 128 Å². The summed E-state index contributed by atoms with van der Waals surface area (Å²) in [5.74, 6) is 1.03. The standard InChI is InChI=1S/C23H20N10O2/c1-24-19-11-25-10-14(27-19)8-13-9-17(20-18(26-13)12-32(2)23(20)34)28-16-7-5-6-15(21(16)35-4)22-29-31-33(3)30-22/h5-7,9-11H,8,12H2,2-4H3,(H,26,28). The summed E-state index contributed by atoms with van der Waals surface area (Å²) in [6, 6.07) is 7.34. The van der Waals surface area contributed by atoms with Crippen molar-refractivity contribution in [3.05, 3.63) is 70.7 Å². The molecule has 4 aromatic rings. The first-order valence-corrected chi connectivity index (χ1v) is 10.6. The molecule has 0 aliphatic carbocycles. The van der Waals surface area contributed by atoms with E-state index in [0.29, 0.717) is 64.1 Å². The van der Waals surface area contributed by atoms with E-state index in [1.54, 1.807) is 32.3 Å². The number of amides is 1. The van der Waals surface area contributed by atoms with Gasteiger partial charge in [-0.1, -0.05) is 12.6 Å². The van der Waals surface area contributed by atoms with Gasteiger partial charge in [-0.05, 0) is 23.4 Å². The van der Waals surface area contributed by atoms with Gasteiger partial charge in [0.2, 0.25) is 5.82 Å². The molecule has 0 fully saturated rings. The summed E-state index contributed by atoms with van der Waals surface area (Å²) in [5, 5.41) is 15.6. The largest absolute Gasteiger partial charge is 0.494 e. The van der Waals surface area contributed by atoms with Crippen LogP contribution in [0.1, 0.15) is 27.4 Å². The molecule has 3 aromatic heterocycles. The predicted octanol–water partition coefficient (Wildman–Crippen LogP) is 2.54. The van der Waals surface area contributed by atoms with Crippen LogP contribution in [0.25, 0.3) is 16.2 Å². The number of methoxy groups -OCH3 is 1. The highest BCUT2D eigenvalue weighted by atomic mass is 16.5. The number of aromatic nitrogens is 7. The minimum Gasteiger partial charge on any atom is -0.494 e. The van der Waals surface area contributed by atoms with Gasteiger partial charge in [0.05, 0.1) is 73.4 Å². The Morgan fingerprint density at radius 1 is 1.17 bits per heavy atom. The number of aryl methyl sites for hydroxylation is 1. The van der Waals surface area contributed by atoms with Crippen LogP contribution < -0.4 is 10.1 Å². The highest BCUT2D eigenvalue weighted by Crippen LogP contribution is 2.38. The molecule has 1 amide bonds. The lowest BCUT2D eigenvalue weighted by molar-refractivity contribution is 0.0817. The zero-order valence-corrected chi connectivity index (χ0v) is 19.2. The normalized spacial score (nSPS) is 12.4. The van der Waals surface area contributed by atoms with Crippen LogP contribution in [0.15, 0.2) is 36.7 Å². The number of carbonyl (C=O) groups is 1. The highest BCUT2D eigenvalue weighted by molar-refractivity contribution is 6.03.